The summed E-state index contributed by atoms with van der Waals surface area (Å²) in [5, 5.41) is 15.3. The van der Waals surface area contributed by atoms with Crippen molar-refractivity contribution in [1.29, 1.82) is 0 Å². The van der Waals surface area contributed by atoms with Gasteiger partial charge in [0.2, 0.25) is 5.91 Å². The molecule has 4 rings (SSSR count). The van der Waals surface area contributed by atoms with Crippen LogP contribution in [0.15, 0.2) is 0 Å². The first-order chi connectivity index (χ1) is 13.1. The van der Waals surface area contributed by atoms with Gasteiger partial charge in [0, 0.05) is 26.2 Å². The molecule has 0 aromatic heterocycles. The number of ether oxygens (including phenoxy) is 1. The second-order valence-corrected chi connectivity index (χ2v) is 8.65. The Labute approximate surface area is 165 Å². The van der Waals surface area contributed by atoms with E-state index in [1.165, 1.54) is 0 Å². The van der Waals surface area contributed by atoms with Gasteiger partial charge in [-0.25, -0.2) is 10.4 Å². The van der Waals surface area contributed by atoms with E-state index < -0.39 is 6.17 Å². The molecule has 6 unspecified atom stereocenters. The van der Waals surface area contributed by atoms with Gasteiger partial charge in [-0.1, -0.05) is 0 Å². The normalized spacial score (nSPS) is 43.3. The van der Waals surface area contributed by atoms with Crippen molar-refractivity contribution in [1.82, 2.24) is 31.7 Å². The zero-order chi connectivity index (χ0) is 18.8. The molecule has 0 saturated carbocycles. The average Bonchev–Trinajstić information content (AvgIpc) is 2.99. The highest BCUT2D eigenvalue weighted by Gasteiger charge is 2.47. The Morgan fingerprint density at radius 3 is 2.85 bits per heavy atom. The Balaban J connectivity index is 1.36. The number of carbonyl (C=O) groups excluding carboxylic acids is 1. The van der Waals surface area contributed by atoms with Crippen LogP contribution in [0.1, 0.15) is 19.3 Å². The van der Waals surface area contributed by atoms with Crippen molar-refractivity contribution < 1.29 is 9.53 Å². The van der Waals surface area contributed by atoms with Gasteiger partial charge < -0.3 is 26.4 Å². The van der Waals surface area contributed by atoms with Crippen molar-refractivity contribution in [3.8, 4) is 0 Å². The van der Waals surface area contributed by atoms with Crippen LogP contribution in [0.3, 0.4) is 0 Å². The molecule has 27 heavy (non-hydrogen) atoms. The zero-order valence-electron chi connectivity index (χ0n) is 15.6. The smallest absolute Gasteiger partial charge is 0.229 e. The topological polar surface area (TPSA) is 116 Å². The van der Waals surface area contributed by atoms with Gasteiger partial charge in [0.25, 0.3) is 0 Å². The summed E-state index contributed by atoms with van der Waals surface area (Å²) < 4.78 is 6.35. The van der Waals surface area contributed by atoms with Crippen LogP contribution in [-0.4, -0.2) is 86.1 Å². The Bertz CT molecular complexity index is 522. The molecule has 10 heteroatoms. The fraction of sp³-hybridized carbons (Fsp3) is 0.941. The molecule has 0 aliphatic carbocycles. The zero-order valence-corrected chi connectivity index (χ0v) is 16.4. The molecule has 7 atom stereocenters. The number of rotatable bonds is 4. The van der Waals surface area contributed by atoms with Crippen LogP contribution < -0.4 is 32.4 Å². The molecule has 0 spiro atoms. The highest BCUT2D eigenvalue weighted by Crippen LogP contribution is 2.23. The van der Waals surface area contributed by atoms with E-state index in [1.807, 2.05) is 5.01 Å². The monoisotopic (exact) mass is 401 g/mol. The van der Waals surface area contributed by atoms with Crippen LogP contribution in [0.25, 0.3) is 0 Å². The molecule has 1 amide bonds. The molecule has 0 aromatic carbocycles. The van der Waals surface area contributed by atoms with Gasteiger partial charge >= 0.3 is 0 Å². The number of nitrogens with two attached hydrogens (primary N) is 1. The van der Waals surface area contributed by atoms with E-state index in [0.717, 1.165) is 45.4 Å². The number of hydrazine groups is 1. The Hall–Kier alpha value is -0.520. The van der Waals surface area contributed by atoms with E-state index in [1.54, 1.807) is 0 Å². The van der Waals surface area contributed by atoms with Gasteiger partial charge in [0.15, 0.2) is 0 Å². The summed E-state index contributed by atoms with van der Waals surface area (Å²) in [6.07, 6.45) is 2.82. The molecule has 7 N–H and O–H groups in total. The van der Waals surface area contributed by atoms with E-state index in [9.17, 15) is 4.79 Å². The van der Waals surface area contributed by atoms with E-state index in [4.69, 9.17) is 22.1 Å². The van der Waals surface area contributed by atoms with Crippen molar-refractivity contribution in [2.75, 3.05) is 39.3 Å². The summed E-state index contributed by atoms with van der Waals surface area (Å²) in [6.45, 7) is 4.93. The molecule has 9 nitrogen and oxygen atoms in total. The predicted molar refractivity (Wildman–Crippen MR) is 103 cm³/mol. The molecule has 4 fully saturated rings. The van der Waals surface area contributed by atoms with E-state index in [-0.39, 0.29) is 41.6 Å². The van der Waals surface area contributed by atoms with Crippen LogP contribution in [0.4, 0.5) is 0 Å². The minimum absolute atomic E-state index is 0.00666. The lowest BCUT2D eigenvalue weighted by Gasteiger charge is -2.38. The SMILES string of the molecule is NC1NN2CC(Cl)CNC2C1C(=O)NC1CNCCC1O[C@H]1CCCNC1. The first-order valence-electron chi connectivity index (χ1n) is 10.1. The number of alkyl halides is 1. The lowest BCUT2D eigenvalue weighted by Crippen LogP contribution is -2.61. The van der Waals surface area contributed by atoms with Gasteiger partial charge in [-0.05, 0) is 32.4 Å². The summed E-state index contributed by atoms with van der Waals surface area (Å²) in [4.78, 5) is 13.1. The van der Waals surface area contributed by atoms with Crippen molar-refractivity contribution >= 4 is 17.5 Å². The number of piperidine rings is 2. The molecule has 4 aliphatic heterocycles. The summed E-state index contributed by atoms with van der Waals surface area (Å²) in [5.74, 6) is -0.403. The third-order valence-corrected chi connectivity index (χ3v) is 6.28. The van der Waals surface area contributed by atoms with Crippen LogP contribution in [0.2, 0.25) is 0 Å². The number of carbonyl (C=O) groups is 1. The number of hydrogen-bond acceptors (Lipinski definition) is 8. The molecule has 4 aliphatic rings. The second kappa shape index (κ2) is 8.87. The van der Waals surface area contributed by atoms with Crippen molar-refractivity contribution in [3.63, 3.8) is 0 Å². The minimum atomic E-state index is -0.428. The van der Waals surface area contributed by atoms with Crippen LogP contribution in [0, 0.1) is 5.92 Å². The highest BCUT2D eigenvalue weighted by molar-refractivity contribution is 6.21. The van der Waals surface area contributed by atoms with E-state index in [0.29, 0.717) is 13.1 Å². The third-order valence-electron chi connectivity index (χ3n) is 5.99. The number of nitrogens with zero attached hydrogens (tertiary/aromatic N) is 1. The molecular weight excluding hydrogens is 370 g/mol. The van der Waals surface area contributed by atoms with Gasteiger partial charge in [0.05, 0.1) is 41.9 Å². The number of fused-ring (bicyclic) bond motifs is 1. The largest absolute Gasteiger partial charge is 0.371 e. The number of amides is 1. The molecule has 4 saturated heterocycles. The molecule has 0 bridgehead atoms. The van der Waals surface area contributed by atoms with Crippen molar-refractivity contribution in [2.24, 2.45) is 11.7 Å². The fourth-order valence-corrected chi connectivity index (χ4v) is 4.82. The van der Waals surface area contributed by atoms with E-state index >= 15 is 0 Å². The van der Waals surface area contributed by atoms with Gasteiger partial charge in [-0.2, -0.15) is 0 Å². The number of nitrogens with one attached hydrogen (secondary N) is 5. The first-order valence-corrected chi connectivity index (χ1v) is 10.6. The molecule has 0 radical (unpaired) electrons. The summed E-state index contributed by atoms with van der Waals surface area (Å²) >= 11 is 6.21. The van der Waals surface area contributed by atoms with Crippen LogP contribution in [-0.2, 0) is 9.53 Å². The van der Waals surface area contributed by atoms with Crippen LogP contribution >= 0.6 is 11.6 Å². The van der Waals surface area contributed by atoms with Gasteiger partial charge in [0.1, 0.15) is 0 Å². The Kier molecular flexibility index (Phi) is 6.50. The molecule has 154 valence electrons. The lowest BCUT2D eigenvalue weighted by molar-refractivity contribution is -0.130. The van der Waals surface area contributed by atoms with E-state index in [2.05, 4.69) is 26.7 Å². The molecule has 0 aromatic rings. The van der Waals surface area contributed by atoms with Crippen LogP contribution in [0.5, 0.6) is 0 Å². The average molecular weight is 402 g/mol. The van der Waals surface area contributed by atoms with Gasteiger partial charge in [-0.3, -0.25) is 10.1 Å². The maximum absolute atomic E-state index is 13.1. The predicted octanol–water partition coefficient (Wildman–Crippen LogP) is -2.14. The maximum atomic E-state index is 13.1. The number of halogens is 1. The quantitative estimate of drug-likeness (QED) is 0.296. The van der Waals surface area contributed by atoms with Gasteiger partial charge in [-0.15, -0.1) is 11.6 Å². The Morgan fingerprint density at radius 2 is 2.04 bits per heavy atom. The first kappa shape index (κ1) is 19.8. The summed E-state index contributed by atoms with van der Waals surface area (Å²) in [5.41, 5.74) is 9.40. The maximum Gasteiger partial charge on any atom is 0.229 e. The summed E-state index contributed by atoms with van der Waals surface area (Å²) in [7, 11) is 0. The molecule has 4 heterocycles. The second-order valence-electron chi connectivity index (χ2n) is 8.03. The van der Waals surface area contributed by atoms with Crippen molar-refractivity contribution in [3.05, 3.63) is 0 Å². The van der Waals surface area contributed by atoms with Crippen molar-refractivity contribution in [2.45, 2.75) is 55.2 Å². The minimum Gasteiger partial charge on any atom is -0.371 e. The lowest BCUT2D eigenvalue weighted by atomic mass is 9.98. The Morgan fingerprint density at radius 1 is 1.19 bits per heavy atom. The third kappa shape index (κ3) is 4.56. The standard InChI is InChI=1S/C17H32ClN7O2/c18-10-6-22-16-14(15(19)24-25(16)9-10)17(26)23-12-8-21-5-3-13(12)27-11-2-1-4-20-7-11/h10-16,20-22,24H,1-9,19H2,(H,23,26)/t10?,11-,12?,13?,14?,15?,16?/m0/s1. The fourth-order valence-electron chi connectivity index (χ4n) is 4.58. The highest BCUT2D eigenvalue weighted by atomic mass is 35.5. The number of hydrogen-bond donors (Lipinski definition) is 6. The molecular formula is C17H32ClN7O2. The summed E-state index contributed by atoms with van der Waals surface area (Å²) in [6, 6.07) is -0.0428.